The zero-order valence-electron chi connectivity index (χ0n) is 17.8. The van der Waals surface area contributed by atoms with Gasteiger partial charge in [-0.1, -0.05) is 29.8 Å². The molecule has 0 aliphatic heterocycles. The van der Waals surface area contributed by atoms with Gasteiger partial charge in [0.15, 0.2) is 18.1 Å². The maximum Gasteiger partial charge on any atom is 0.262 e. The lowest BCUT2D eigenvalue weighted by atomic mass is 10.2. The molecular formula is C24H27N3O4. The Morgan fingerprint density at radius 1 is 1.00 bits per heavy atom. The number of hydrogen-bond acceptors (Lipinski definition) is 6. The highest BCUT2D eigenvalue weighted by atomic mass is 16.5. The zero-order valence-corrected chi connectivity index (χ0v) is 17.8. The van der Waals surface area contributed by atoms with E-state index in [0.29, 0.717) is 37.1 Å². The maximum absolute atomic E-state index is 12.1. The first-order valence-electron chi connectivity index (χ1n) is 10.0. The van der Waals surface area contributed by atoms with E-state index in [4.69, 9.17) is 14.2 Å². The van der Waals surface area contributed by atoms with Gasteiger partial charge < -0.3 is 24.8 Å². The molecule has 0 spiro atoms. The van der Waals surface area contributed by atoms with Gasteiger partial charge in [0, 0.05) is 31.0 Å². The third kappa shape index (κ3) is 7.31. The van der Waals surface area contributed by atoms with Crippen molar-refractivity contribution in [2.75, 3.05) is 32.2 Å². The number of methoxy groups -OCH3 is 1. The molecule has 3 rings (SSSR count). The number of hydrogen-bond donors (Lipinski definition) is 2. The molecule has 1 aromatic heterocycles. The Morgan fingerprint density at radius 2 is 1.84 bits per heavy atom. The van der Waals surface area contributed by atoms with Gasteiger partial charge in [-0.2, -0.15) is 0 Å². The van der Waals surface area contributed by atoms with E-state index in [9.17, 15) is 4.79 Å². The predicted octanol–water partition coefficient (Wildman–Crippen LogP) is 3.58. The molecule has 0 radical (unpaired) electrons. The van der Waals surface area contributed by atoms with Crippen molar-refractivity contribution in [3.8, 4) is 17.4 Å². The minimum absolute atomic E-state index is 0.104. The molecular weight excluding hydrogens is 394 g/mol. The Kier molecular flexibility index (Phi) is 8.25. The summed E-state index contributed by atoms with van der Waals surface area (Å²) in [7, 11) is 1.58. The summed E-state index contributed by atoms with van der Waals surface area (Å²) in [6.45, 7) is 3.74. The van der Waals surface area contributed by atoms with E-state index >= 15 is 0 Å². The zero-order chi connectivity index (χ0) is 21.9. The standard InChI is InChI=1S/C24H27N3O4/c1-18-6-9-20(10-7-18)27-23(28)17-31-21-11-8-19(15-22(21)29-2)16-25-13-14-30-24-5-3-4-12-26-24/h3-12,15,25H,13-14,16-17H2,1-2H3,(H,27,28). The summed E-state index contributed by atoms with van der Waals surface area (Å²) in [6.07, 6.45) is 1.70. The second kappa shape index (κ2) is 11.6. The van der Waals surface area contributed by atoms with Gasteiger partial charge in [-0.25, -0.2) is 4.98 Å². The number of aromatic nitrogens is 1. The van der Waals surface area contributed by atoms with Crippen LogP contribution in [0, 0.1) is 6.92 Å². The molecule has 1 amide bonds. The predicted molar refractivity (Wildman–Crippen MR) is 120 cm³/mol. The van der Waals surface area contributed by atoms with Gasteiger partial charge in [0.1, 0.15) is 6.61 Å². The second-order valence-corrected chi connectivity index (χ2v) is 6.88. The molecule has 3 aromatic rings. The average Bonchev–Trinajstić information content (AvgIpc) is 2.80. The lowest BCUT2D eigenvalue weighted by Crippen LogP contribution is -2.21. The van der Waals surface area contributed by atoms with Gasteiger partial charge in [0.2, 0.25) is 5.88 Å². The van der Waals surface area contributed by atoms with E-state index in [0.717, 1.165) is 16.8 Å². The average molecular weight is 421 g/mol. The molecule has 7 nitrogen and oxygen atoms in total. The number of ether oxygens (including phenoxy) is 3. The minimum atomic E-state index is -0.232. The third-order valence-electron chi connectivity index (χ3n) is 4.42. The lowest BCUT2D eigenvalue weighted by Gasteiger charge is -2.13. The fourth-order valence-electron chi connectivity index (χ4n) is 2.81. The molecule has 1 heterocycles. The van der Waals surface area contributed by atoms with Crippen LogP contribution in [0.3, 0.4) is 0 Å². The molecule has 31 heavy (non-hydrogen) atoms. The first-order valence-corrected chi connectivity index (χ1v) is 10.0. The van der Waals surface area contributed by atoms with Crippen LogP contribution < -0.4 is 24.8 Å². The van der Waals surface area contributed by atoms with Crippen LogP contribution in [0.25, 0.3) is 0 Å². The Hall–Kier alpha value is -3.58. The van der Waals surface area contributed by atoms with Crippen LogP contribution in [0.5, 0.6) is 17.4 Å². The largest absolute Gasteiger partial charge is 0.493 e. The number of pyridine rings is 1. The van der Waals surface area contributed by atoms with Crippen molar-refractivity contribution in [3.05, 3.63) is 78.0 Å². The van der Waals surface area contributed by atoms with Crippen molar-refractivity contribution < 1.29 is 19.0 Å². The molecule has 162 valence electrons. The SMILES string of the molecule is COc1cc(CNCCOc2ccccn2)ccc1OCC(=O)Nc1ccc(C)cc1. The van der Waals surface area contributed by atoms with Crippen molar-refractivity contribution in [2.45, 2.75) is 13.5 Å². The number of anilines is 1. The van der Waals surface area contributed by atoms with E-state index in [1.165, 1.54) is 0 Å². The fraction of sp³-hybridized carbons (Fsp3) is 0.250. The molecule has 0 atom stereocenters. The number of carbonyl (C=O) groups is 1. The molecule has 0 aliphatic carbocycles. The van der Waals surface area contributed by atoms with E-state index < -0.39 is 0 Å². The quantitative estimate of drug-likeness (QED) is 0.461. The van der Waals surface area contributed by atoms with Crippen molar-refractivity contribution in [3.63, 3.8) is 0 Å². The van der Waals surface area contributed by atoms with Crippen molar-refractivity contribution in [1.82, 2.24) is 10.3 Å². The van der Waals surface area contributed by atoms with Crippen molar-refractivity contribution >= 4 is 11.6 Å². The Labute approximate surface area is 182 Å². The maximum atomic E-state index is 12.1. The van der Waals surface area contributed by atoms with Gasteiger partial charge in [0.25, 0.3) is 5.91 Å². The molecule has 0 saturated heterocycles. The summed E-state index contributed by atoms with van der Waals surface area (Å²) in [4.78, 5) is 16.3. The van der Waals surface area contributed by atoms with Crippen LogP contribution in [-0.2, 0) is 11.3 Å². The number of nitrogens with zero attached hydrogens (tertiary/aromatic N) is 1. The van der Waals surface area contributed by atoms with E-state index in [1.807, 2.05) is 61.5 Å². The first-order chi connectivity index (χ1) is 15.1. The second-order valence-electron chi connectivity index (χ2n) is 6.88. The summed E-state index contributed by atoms with van der Waals surface area (Å²) < 4.78 is 16.6. The summed E-state index contributed by atoms with van der Waals surface area (Å²) in [5.41, 5.74) is 2.90. The van der Waals surface area contributed by atoms with Crippen molar-refractivity contribution in [1.29, 1.82) is 0 Å². The third-order valence-corrected chi connectivity index (χ3v) is 4.42. The number of carbonyl (C=O) groups excluding carboxylic acids is 1. The van der Waals surface area contributed by atoms with Crippen molar-refractivity contribution in [2.24, 2.45) is 0 Å². The minimum Gasteiger partial charge on any atom is -0.493 e. The highest BCUT2D eigenvalue weighted by Gasteiger charge is 2.09. The topological polar surface area (TPSA) is 81.7 Å². The smallest absolute Gasteiger partial charge is 0.262 e. The molecule has 0 aliphatic rings. The summed E-state index contributed by atoms with van der Waals surface area (Å²) >= 11 is 0. The Bertz CT molecular complexity index is 962. The molecule has 7 heteroatoms. The number of amides is 1. The summed E-state index contributed by atoms with van der Waals surface area (Å²) in [5, 5.41) is 6.12. The first kappa shape index (κ1) is 22.1. The summed E-state index contributed by atoms with van der Waals surface area (Å²) in [5.74, 6) is 1.47. The highest BCUT2D eigenvalue weighted by molar-refractivity contribution is 5.91. The number of nitrogens with one attached hydrogen (secondary N) is 2. The van der Waals surface area contributed by atoms with Gasteiger partial charge in [-0.3, -0.25) is 4.79 Å². The molecule has 2 N–H and O–H groups in total. The molecule has 0 unspecified atom stereocenters. The number of rotatable bonds is 11. The van der Waals surface area contributed by atoms with E-state index in [-0.39, 0.29) is 12.5 Å². The van der Waals surface area contributed by atoms with Crippen LogP contribution in [0.4, 0.5) is 5.69 Å². The lowest BCUT2D eigenvalue weighted by molar-refractivity contribution is -0.118. The number of benzene rings is 2. The molecule has 0 fully saturated rings. The fourth-order valence-corrected chi connectivity index (χ4v) is 2.81. The van der Waals surface area contributed by atoms with Crippen LogP contribution in [0.15, 0.2) is 66.9 Å². The summed E-state index contributed by atoms with van der Waals surface area (Å²) in [6, 6.07) is 18.8. The Balaban J connectivity index is 1.43. The molecule has 0 saturated carbocycles. The van der Waals surface area contributed by atoms with Gasteiger partial charge in [-0.15, -0.1) is 0 Å². The normalized spacial score (nSPS) is 10.4. The van der Waals surface area contributed by atoms with E-state index in [2.05, 4.69) is 15.6 Å². The van der Waals surface area contributed by atoms with Gasteiger partial charge >= 0.3 is 0 Å². The number of aryl methyl sites for hydroxylation is 1. The molecule has 0 bridgehead atoms. The van der Waals surface area contributed by atoms with Crippen LogP contribution in [0.2, 0.25) is 0 Å². The van der Waals surface area contributed by atoms with Gasteiger partial charge in [0.05, 0.1) is 7.11 Å². The van der Waals surface area contributed by atoms with E-state index in [1.54, 1.807) is 19.4 Å². The monoisotopic (exact) mass is 421 g/mol. The van der Waals surface area contributed by atoms with Crippen LogP contribution in [0.1, 0.15) is 11.1 Å². The van der Waals surface area contributed by atoms with Gasteiger partial charge in [-0.05, 0) is 42.8 Å². The highest BCUT2D eigenvalue weighted by Crippen LogP contribution is 2.28. The van der Waals surface area contributed by atoms with Crippen LogP contribution in [-0.4, -0.2) is 37.8 Å². The van der Waals surface area contributed by atoms with Crippen LogP contribution >= 0.6 is 0 Å². The Morgan fingerprint density at radius 3 is 2.58 bits per heavy atom. The molecule has 2 aromatic carbocycles.